The zero-order valence-electron chi connectivity index (χ0n) is 14.3. The Bertz CT molecular complexity index is 761. The third kappa shape index (κ3) is 3.95. The number of ether oxygens (including phenoxy) is 1. The number of anilines is 1. The van der Waals surface area contributed by atoms with Gasteiger partial charge in [-0.25, -0.2) is 9.78 Å². The van der Waals surface area contributed by atoms with Crippen molar-refractivity contribution in [3.63, 3.8) is 0 Å². The minimum Gasteiger partial charge on any atom is -0.508 e. The molecule has 1 aromatic heterocycles. The second kappa shape index (κ2) is 7.82. The summed E-state index contributed by atoms with van der Waals surface area (Å²) < 4.78 is 5.53. The van der Waals surface area contributed by atoms with Gasteiger partial charge < -0.3 is 14.7 Å². The Morgan fingerprint density at radius 1 is 1.31 bits per heavy atom. The van der Waals surface area contributed by atoms with Crippen LogP contribution in [0.4, 0.5) is 10.6 Å². The first-order valence-electron chi connectivity index (χ1n) is 8.53. The predicted molar refractivity (Wildman–Crippen MR) is 104 cm³/mol. The number of carbonyl (C=O) groups excluding carboxylic acids is 1. The summed E-state index contributed by atoms with van der Waals surface area (Å²) in [5.74, 6) is 0.652. The summed E-state index contributed by atoms with van der Waals surface area (Å²) in [7, 11) is 0. The second-order valence-corrected chi connectivity index (χ2v) is 7.73. The van der Waals surface area contributed by atoms with E-state index in [0.29, 0.717) is 12.4 Å². The summed E-state index contributed by atoms with van der Waals surface area (Å²) in [6.45, 7) is 3.80. The number of aromatic hydroxyl groups is 1. The summed E-state index contributed by atoms with van der Waals surface area (Å²) in [6, 6.07) is 6.90. The first kappa shape index (κ1) is 18.9. The van der Waals surface area contributed by atoms with E-state index in [1.807, 2.05) is 6.07 Å². The molecule has 0 saturated carbocycles. The van der Waals surface area contributed by atoms with E-state index in [2.05, 4.69) is 15.2 Å². The summed E-state index contributed by atoms with van der Waals surface area (Å²) >= 11 is 1.41. The molecule has 26 heavy (non-hydrogen) atoms. The first-order chi connectivity index (χ1) is 12.1. The monoisotopic (exact) mass is 395 g/mol. The number of thiazole rings is 1. The molecule has 0 radical (unpaired) electrons. The lowest BCUT2D eigenvalue weighted by molar-refractivity contribution is -0.0190. The van der Waals surface area contributed by atoms with Crippen LogP contribution in [0.15, 0.2) is 29.8 Å². The van der Waals surface area contributed by atoms with Gasteiger partial charge in [0.1, 0.15) is 5.75 Å². The van der Waals surface area contributed by atoms with Crippen molar-refractivity contribution in [2.75, 3.05) is 31.6 Å². The molecule has 6 nitrogen and oxygen atoms in total. The van der Waals surface area contributed by atoms with E-state index in [4.69, 9.17) is 4.74 Å². The molecular formula is C18H22ClN3O3S. The van der Waals surface area contributed by atoms with Gasteiger partial charge in [-0.05, 0) is 56.6 Å². The molecule has 3 aliphatic rings. The molecule has 5 rings (SSSR count). The van der Waals surface area contributed by atoms with Gasteiger partial charge in [0, 0.05) is 5.41 Å². The van der Waals surface area contributed by atoms with Crippen LogP contribution in [0.5, 0.6) is 5.75 Å². The topological polar surface area (TPSA) is 74.7 Å². The van der Waals surface area contributed by atoms with Gasteiger partial charge in [0.25, 0.3) is 0 Å². The fourth-order valence-electron chi connectivity index (χ4n) is 3.65. The lowest BCUT2D eigenvalue weighted by atomic mass is 9.73. The Hall–Kier alpha value is -1.83. The summed E-state index contributed by atoms with van der Waals surface area (Å²) in [5, 5.41) is 12.4. The Morgan fingerprint density at radius 2 is 2.04 bits per heavy atom. The van der Waals surface area contributed by atoms with Crippen molar-refractivity contribution in [3.8, 4) is 16.2 Å². The van der Waals surface area contributed by atoms with Crippen LogP contribution >= 0.6 is 23.7 Å². The number of hydrogen-bond acceptors (Lipinski definition) is 6. The molecule has 3 aliphatic heterocycles. The molecule has 0 spiro atoms. The molecule has 4 heterocycles. The number of phenolic OH excluding ortho intramolecular Hbond substituents is 1. The Kier molecular flexibility index (Phi) is 5.70. The van der Waals surface area contributed by atoms with E-state index in [9.17, 15) is 9.90 Å². The number of nitrogens with one attached hydrogen (secondary N) is 1. The minimum absolute atomic E-state index is 0. The van der Waals surface area contributed by atoms with Crippen LogP contribution in [0.1, 0.15) is 19.3 Å². The van der Waals surface area contributed by atoms with Crippen LogP contribution in [-0.2, 0) is 4.74 Å². The maximum Gasteiger partial charge on any atom is 0.412 e. The molecule has 0 aliphatic carbocycles. The predicted octanol–water partition coefficient (Wildman–Crippen LogP) is 3.97. The van der Waals surface area contributed by atoms with Gasteiger partial charge in [-0.15, -0.1) is 23.7 Å². The molecule has 3 saturated heterocycles. The van der Waals surface area contributed by atoms with Crippen molar-refractivity contribution in [3.05, 3.63) is 29.8 Å². The van der Waals surface area contributed by atoms with E-state index in [1.54, 1.807) is 23.7 Å². The van der Waals surface area contributed by atoms with Crippen molar-refractivity contribution in [2.24, 2.45) is 5.41 Å². The van der Waals surface area contributed by atoms with Crippen LogP contribution in [-0.4, -0.2) is 47.3 Å². The van der Waals surface area contributed by atoms with E-state index >= 15 is 0 Å². The van der Waals surface area contributed by atoms with Crippen molar-refractivity contribution in [1.82, 2.24) is 9.88 Å². The normalized spacial score (nSPS) is 23.9. The number of halogens is 1. The number of hydrogen-bond donors (Lipinski definition) is 2. The van der Waals surface area contributed by atoms with Crippen LogP contribution in [0, 0.1) is 5.41 Å². The first-order valence-corrected chi connectivity index (χ1v) is 9.41. The number of nitrogens with zero attached hydrogens (tertiary/aromatic N) is 2. The van der Waals surface area contributed by atoms with Gasteiger partial charge in [0.15, 0.2) is 5.82 Å². The highest BCUT2D eigenvalue weighted by atomic mass is 35.5. The lowest BCUT2D eigenvalue weighted by Crippen LogP contribution is -2.50. The average Bonchev–Trinajstić information content (AvgIpc) is 3.10. The zero-order valence-corrected chi connectivity index (χ0v) is 15.9. The molecule has 2 aromatic rings. The van der Waals surface area contributed by atoms with Gasteiger partial charge in [-0.3, -0.25) is 5.32 Å². The lowest BCUT2D eigenvalue weighted by Gasteiger charge is -2.47. The average molecular weight is 396 g/mol. The van der Waals surface area contributed by atoms with Crippen molar-refractivity contribution in [1.29, 1.82) is 0 Å². The Balaban J connectivity index is 0.00000196. The fraction of sp³-hybridized carbons (Fsp3) is 0.444. The van der Waals surface area contributed by atoms with E-state index in [-0.39, 0.29) is 23.6 Å². The van der Waals surface area contributed by atoms with Crippen molar-refractivity contribution in [2.45, 2.75) is 19.3 Å². The van der Waals surface area contributed by atoms with E-state index in [1.165, 1.54) is 11.3 Å². The number of piperidine rings is 3. The van der Waals surface area contributed by atoms with Crippen LogP contribution in [0.25, 0.3) is 10.4 Å². The number of carbonyl (C=O) groups is 1. The molecule has 140 valence electrons. The number of aromatic nitrogens is 1. The Morgan fingerprint density at radius 3 is 2.73 bits per heavy atom. The molecule has 8 heteroatoms. The SMILES string of the molecule is Cl.O=C(Nc1ncsc1-c1cccc(O)c1)OCC12CCN(CC1)CC2. The molecule has 2 bridgehead atoms. The Labute approximate surface area is 162 Å². The number of rotatable bonds is 4. The van der Waals surface area contributed by atoms with Crippen LogP contribution in [0.3, 0.4) is 0 Å². The maximum absolute atomic E-state index is 12.2. The molecule has 0 unspecified atom stereocenters. The van der Waals surface area contributed by atoms with Crippen LogP contribution in [0.2, 0.25) is 0 Å². The maximum atomic E-state index is 12.2. The second-order valence-electron chi connectivity index (χ2n) is 6.87. The van der Waals surface area contributed by atoms with Crippen molar-refractivity contribution >= 4 is 35.7 Å². The highest BCUT2D eigenvalue weighted by Crippen LogP contribution is 2.40. The van der Waals surface area contributed by atoms with Gasteiger partial charge in [0.05, 0.1) is 17.0 Å². The highest BCUT2D eigenvalue weighted by molar-refractivity contribution is 7.13. The van der Waals surface area contributed by atoms with Crippen LogP contribution < -0.4 is 5.32 Å². The third-order valence-corrected chi connectivity index (χ3v) is 6.16. The smallest absolute Gasteiger partial charge is 0.412 e. The van der Waals surface area contributed by atoms with Gasteiger partial charge in [0.2, 0.25) is 0 Å². The summed E-state index contributed by atoms with van der Waals surface area (Å²) in [6.07, 6.45) is 2.84. The molecular weight excluding hydrogens is 374 g/mol. The van der Waals surface area contributed by atoms with Gasteiger partial charge >= 0.3 is 6.09 Å². The summed E-state index contributed by atoms with van der Waals surface area (Å²) in [5.41, 5.74) is 2.64. The third-order valence-electron chi connectivity index (χ3n) is 5.28. The largest absolute Gasteiger partial charge is 0.508 e. The molecule has 1 aromatic carbocycles. The summed E-state index contributed by atoms with van der Waals surface area (Å²) in [4.78, 5) is 19.7. The van der Waals surface area contributed by atoms with E-state index < -0.39 is 6.09 Å². The van der Waals surface area contributed by atoms with Gasteiger partial charge in [-0.2, -0.15) is 0 Å². The molecule has 0 atom stereocenters. The number of fused-ring (bicyclic) bond motifs is 3. The molecule has 1 amide bonds. The minimum atomic E-state index is -0.463. The number of phenols is 1. The molecule has 3 fully saturated rings. The highest BCUT2D eigenvalue weighted by Gasteiger charge is 2.40. The molecule has 2 N–H and O–H groups in total. The van der Waals surface area contributed by atoms with Gasteiger partial charge in [-0.1, -0.05) is 12.1 Å². The quantitative estimate of drug-likeness (QED) is 0.819. The number of amides is 1. The number of benzene rings is 1. The standard InChI is InChI=1S/C18H21N3O3S.ClH/c22-14-3-1-2-13(10-14)15-16(19-12-25-15)20-17(23)24-11-18-4-7-21(8-5-18)9-6-18;/h1-3,10,12,22H,4-9,11H2,(H,20,23);1H. The zero-order chi connectivity index (χ0) is 17.3. The van der Waals surface area contributed by atoms with E-state index in [0.717, 1.165) is 49.3 Å². The fourth-order valence-corrected chi connectivity index (χ4v) is 4.39. The van der Waals surface area contributed by atoms with Crippen molar-refractivity contribution < 1.29 is 14.6 Å².